The first-order valence-corrected chi connectivity index (χ1v) is 7.22. The largest absolute Gasteiger partial charge is 0.360 e. The van der Waals surface area contributed by atoms with E-state index in [0.29, 0.717) is 16.6 Å². The summed E-state index contributed by atoms with van der Waals surface area (Å²) >= 11 is 3.29. The number of amides is 1. The molecule has 0 fully saturated rings. The van der Waals surface area contributed by atoms with E-state index in [1.807, 2.05) is 0 Å². The third-order valence-electron chi connectivity index (χ3n) is 3.20. The van der Waals surface area contributed by atoms with Gasteiger partial charge in [0.15, 0.2) is 0 Å². The maximum Gasteiger partial charge on any atom is 0.296 e. The Kier molecular flexibility index (Phi) is 3.77. The third kappa shape index (κ3) is 2.78. The van der Waals surface area contributed by atoms with Crippen molar-refractivity contribution in [3.63, 3.8) is 0 Å². The van der Waals surface area contributed by atoms with Crippen LogP contribution in [0.5, 0.6) is 0 Å². The number of fused-ring (bicyclic) bond motifs is 1. The summed E-state index contributed by atoms with van der Waals surface area (Å²) in [5.74, 6) is -1.83. The normalized spacial score (nSPS) is 10.6. The van der Waals surface area contributed by atoms with Gasteiger partial charge < -0.3 is 10.3 Å². The van der Waals surface area contributed by atoms with Gasteiger partial charge in [-0.1, -0.05) is 15.9 Å². The monoisotopic (exact) mass is 360 g/mol. The van der Waals surface area contributed by atoms with Crippen LogP contribution in [-0.4, -0.2) is 16.7 Å². The van der Waals surface area contributed by atoms with Gasteiger partial charge in [-0.25, -0.2) is 4.39 Å². The fourth-order valence-corrected chi connectivity index (χ4v) is 2.39. The van der Waals surface area contributed by atoms with Gasteiger partial charge in [-0.05, 0) is 42.5 Å². The van der Waals surface area contributed by atoms with Crippen LogP contribution >= 0.6 is 15.9 Å². The van der Waals surface area contributed by atoms with Crippen molar-refractivity contribution in [1.82, 2.24) is 4.98 Å². The SMILES string of the molecule is O=C(Nc1ccc(Br)cc1)C(=O)c1c[nH]c2cc(F)ccc12. The lowest BCUT2D eigenvalue weighted by molar-refractivity contribution is -0.112. The molecule has 1 amide bonds. The van der Waals surface area contributed by atoms with E-state index in [-0.39, 0.29) is 5.56 Å². The predicted molar refractivity (Wildman–Crippen MR) is 85.4 cm³/mol. The molecule has 1 aromatic heterocycles. The van der Waals surface area contributed by atoms with E-state index in [1.165, 1.54) is 24.4 Å². The van der Waals surface area contributed by atoms with Crippen LogP contribution in [0, 0.1) is 5.82 Å². The Morgan fingerprint density at radius 3 is 2.55 bits per heavy atom. The molecular formula is C16H10BrFN2O2. The van der Waals surface area contributed by atoms with Gasteiger partial charge in [0.1, 0.15) is 5.82 Å². The molecule has 3 aromatic rings. The van der Waals surface area contributed by atoms with Crippen LogP contribution in [-0.2, 0) is 4.79 Å². The molecule has 0 aliphatic carbocycles. The van der Waals surface area contributed by atoms with Gasteiger partial charge in [-0.15, -0.1) is 0 Å². The van der Waals surface area contributed by atoms with Gasteiger partial charge in [0.25, 0.3) is 11.7 Å². The molecule has 0 saturated carbocycles. The maximum atomic E-state index is 13.1. The smallest absolute Gasteiger partial charge is 0.296 e. The third-order valence-corrected chi connectivity index (χ3v) is 3.73. The first-order chi connectivity index (χ1) is 10.5. The maximum absolute atomic E-state index is 13.1. The van der Waals surface area contributed by atoms with Gasteiger partial charge in [-0.2, -0.15) is 0 Å². The van der Waals surface area contributed by atoms with E-state index in [1.54, 1.807) is 24.3 Å². The van der Waals surface area contributed by atoms with Crippen molar-refractivity contribution >= 4 is 44.2 Å². The minimum atomic E-state index is -0.743. The molecule has 2 N–H and O–H groups in total. The second kappa shape index (κ2) is 5.73. The van der Waals surface area contributed by atoms with Crippen molar-refractivity contribution in [3.8, 4) is 0 Å². The second-order valence-electron chi connectivity index (χ2n) is 4.68. The molecule has 22 heavy (non-hydrogen) atoms. The van der Waals surface area contributed by atoms with Crippen molar-refractivity contribution in [2.75, 3.05) is 5.32 Å². The molecule has 0 atom stereocenters. The number of Topliss-reactive ketones (excluding diaryl/α,β-unsaturated/α-hetero) is 1. The number of ketones is 1. The molecule has 0 aliphatic heterocycles. The molecule has 110 valence electrons. The van der Waals surface area contributed by atoms with Crippen molar-refractivity contribution in [2.45, 2.75) is 0 Å². The molecule has 4 nitrogen and oxygen atoms in total. The number of rotatable bonds is 3. The molecular weight excluding hydrogens is 351 g/mol. The van der Waals surface area contributed by atoms with Gasteiger partial charge in [0.05, 0.1) is 5.56 Å². The number of benzene rings is 2. The van der Waals surface area contributed by atoms with Gasteiger partial charge in [0, 0.05) is 27.3 Å². The molecule has 2 aromatic carbocycles. The standard InChI is InChI=1S/C16H10BrFN2O2/c17-9-1-4-11(5-2-9)20-16(22)15(21)13-8-19-14-7-10(18)3-6-12(13)14/h1-8,19H,(H,20,22). The number of hydrogen-bond donors (Lipinski definition) is 2. The number of anilines is 1. The minimum Gasteiger partial charge on any atom is -0.360 e. The van der Waals surface area contributed by atoms with E-state index in [4.69, 9.17) is 0 Å². The molecule has 0 unspecified atom stereocenters. The number of hydrogen-bond acceptors (Lipinski definition) is 2. The number of carbonyl (C=O) groups is 2. The number of nitrogens with one attached hydrogen (secondary N) is 2. The topological polar surface area (TPSA) is 62.0 Å². The number of carbonyl (C=O) groups excluding carboxylic acids is 2. The van der Waals surface area contributed by atoms with Crippen LogP contribution in [0.2, 0.25) is 0 Å². The summed E-state index contributed by atoms with van der Waals surface area (Å²) in [4.78, 5) is 27.1. The molecule has 6 heteroatoms. The van der Waals surface area contributed by atoms with E-state index in [0.717, 1.165) is 4.47 Å². The summed E-state index contributed by atoms with van der Waals surface area (Å²) in [6, 6.07) is 10.9. The summed E-state index contributed by atoms with van der Waals surface area (Å²) in [5, 5.41) is 3.05. The van der Waals surface area contributed by atoms with Crippen molar-refractivity contribution < 1.29 is 14.0 Å². The van der Waals surface area contributed by atoms with E-state index < -0.39 is 17.5 Å². The second-order valence-corrected chi connectivity index (χ2v) is 5.60. The molecule has 0 spiro atoms. The minimum absolute atomic E-state index is 0.213. The average Bonchev–Trinajstić information content (AvgIpc) is 2.91. The Labute approximate surface area is 133 Å². The Balaban J connectivity index is 1.85. The summed E-state index contributed by atoms with van der Waals surface area (Å²) < 4.78 is 14.0. The fourth-order valence-electron chi connectivity index (χ4n) is 2.13. The van der Waals surface area contributed by atoms with Crippen LogP contribution in [0.4, 0.5) is 10.1 Å². The van der Waals surface area contributed by atoms with E-state index >= 15 is 0 Å². The summed E-state index contributed by atoms with van der Waals surface area (Å²) in [5.41, 5.74) is 1.21. The quantitative estimate of drug-likeness (QED) is 0.549. The fraction of sp³-hybridized carbons (Fsp3) is 0. The van der Waals surface area contributed by atoms with Crippen molar-refractivity contribution in [3.05, 3.63) is 64.5 Å². The van der Waals surface area contributed by atoms with Crippen LogP contribution < -0.4 is 5.32 Å². The highest BCUT2D eigenvalue weighted by Gasteiger charge is 2.20. The number of H-pyrrole nitrogens is 1. The first-order valence-electron chi connectivity index (χ1n) is 6.42. The number of aromatic amines is 1. The molecule has 3 rings (SSSR count). The Morgan fingerprint density at radius 1 is 1.09 bits per heavy atom. The van der Waals surface area contributed by atoms with Crippen LogP contribution in [0.15, 0.2) is 53.1 Å². The summed E-state index contributed by atoms with van der Waals surface area (Å²) in [6.07, 6.45) is 1.41. The Bertz CT molecular complexity index is 871. The Hall–Kier alpha value is -2.47. The highest BCUT2D eigenvalue weighted by atomic mass is 79.9. The van der Waals surface area contributed by atoms with Crippen molar-refractivity contribution in [1.29, 1.82) is 0 Å². The molecule has 0 radical (unpaired) electrons. The summed E-state index contributed by atoms with van der Waals surface area (Å²) in [7, 11) is 0. The molecule has 0 bridgehead atoms. The predicted octanol–water partition coefficient (Wildman–Crippen LogP) is 3.89. The highest BCUT2D eigenvalue weighted by Crippen LogP contribution is 2.20. The highest BCUT2D eigenvalue weighted by molar-refractivity contribution is 9.10. The Morgan fingerprint density at radius 2 is 1.82 bits per heavy atom. The van der Waals surface area contributed by atoms with Crippen LogP contribution in [0.3, 0.4) is 0 Å². The molecule has 1 heterocycles. The van der Waals surface area contributed by atoms with E-state index in [9.17, 15) is 14.0 Å². The van der Waals surface area contributed by atoms with Gasteiger partial charge >= 0.3 is 0 Å². The van der Waals surface area contributed by atoms with Crippen molar-refractivity contribution in [2.24, 2.45) is 0 Å². The van der Waals surface area contributed by atoms with Gasteiger partial charge in [0.2, 0.25) is 0 Å². The van der Waals surface area contributed by atoms with Crippen LogP contribution in [0.1, 0.15) is 10.4 Å². The lowest BCUT2D eigenvalue weighted by atomic mass is 10.1. The summed E-state index contributed by atoms with van der Waals surface area (Å²) in [6.45, 7) is 0. The lowest BCUT2D eigenvalue weighted by Gasteiger charge is -2.04. The number of aromatic nitrogens is 1. The molecule has 0 saturated heterocycles. The zero-order chi connectivity index (χ0) is 15.7. The van der Waals surface area contributed by atoms with Crippen LogP contribution in [0.25, 0.3) is 10.9 Å². The molecule has 0 aliphatic rings. The zero-order valence-electron chi connectivity index (χ0n) is 11.2. The van der Waals surface area contributed by atoms with E-state index in [2.05, 4.69) is 26.2 Å². The lowest BCUT2D eigenvalue weighted by Crippen LogP contribution is -2.22. The average molecular weight is 361 g/mol. The zero-order valence-corrected chi connectivity index (χ0v) is 12.8. The number of halogens is 2. The first kappa shape index (κ1) is 14.5. The van der Waals surface area contributed by atoms with Gasteiger partial charge in [-0.3, -0.25) is 9.59 Å².